The molecule has 0 aromatic carbocycles. The van der Waals surface area contributed by atoms with E-state index >= 15 is 0 Å². The van der Waals surface area contributed by atoms with Crippen LogP contribution < -0.4 is 5.32 Å². The third-order valence-corrected chi connectivity index (χ3v) is 2.48. The molecule has 0 bridgehead atoms. The zero-order valence-electron chi connectivity index (χ0n) is 9.70. The number of nitriles is 1. The molecule has 15 heavy (non-hydrogen) atoms. The van der Waals surface area contributed by atoms with E-state index in [9.17, 15) is 0 Å². The lowest BCUT2D eigenvalue weighted by molar-refractivity contribution is 0.421. The maximum atomic E-state index is 8.59. The Balaban J connectivity index is 2.78. The van der Waals surface area contributed by atoms with Gasteiger partial charge in [0.25, 0.3) is 0 Å². The molecule has 0 radical (unpaired) electrons. The molecule has 1 N–H and O–H groups in total. The van der Waals surface area contributed by atoms with Crippen molar-refractivity contribution in [2.75, 3.05) is 6.54 Å². The molecule has 1 rings (SSSR count). The fourth-order valence-corrected chi connectivity index (χ4v) is 1.78. The zero-order chi connectivity index (χ0) is 11.3. The SMILES string of the molecule is CCNC(c1ccn(CC#N)c1)C(C)C. The van der Waals surface area contributed by atoms with Gasteiger partial charge in [0.15, 0.2) is 0 Å². The van der Waals surface area contributed by atoms with E-state index in [-0.39, 0.29) is 0 Å². The highest BCUT2D eigenvalue weighted by molar-refractivity contribution is 5.16. The minimum absolute atomic E-state index is 0.384. The molecule has 0 fully saturated rings. The number of aromatic nitrogens is 1. The Morgan fingerprint density at radius 2 is 2.27 bits per heavy atom. The molecular weight excluding hydrogens is 186 g/mol. The highest BCUT2D eigenvalue weighted by atomic mass is 15.0. The first-order valence-electron chi connectivity index (χ1n) is 5.45. The van der Waals surface area contributed by atoms with Crippen LogP contribution in [-0.2, 0) is 6.54 Å². The normalized spacial score (nSPS) is 12.7. The quantitative estimate of drug-likeness (QED) is 0.801. The Bertz CT molecular complexity index is 333. The molecule has 1 atom stereocenters. The molecule has 0 saturated heterocycles. The molecular formula is C12H19N3. The largest absolute Gasteiger partial charge is 0.340 e. The summed E-state index contributed by atoms with van der Waals surface area (Å²) >= 11 is 0. The van der Waals surface area contributed by atoms with Crippen molar-refractivity contribution >= 4 is 0 Å². The minimum Gasteiger partial charge on any atom is -0.340 e. The van der Waals surface area contributed by atoms with E-state index in [4.69, 9.17) is 5.26 Å². The van der Waals surface area contributed by atoms with Gasteiger partial charge in [-0.3, -0.25) is 0 Å². The van der Waals surface area contributed by atoms with Gasteiger partial charge in [0.1, 0.15) is 6.54 Å². The summed E-state index contributed by atoms with van der Waals surface area (Å²) in [6, 6.07) is 4.61. The van der Waals surface area contributed by atoms with E-state index < -0.39 is 0 Å². The standard InChI is InChI=1S/C12H19N3/c1-4-14-12(10(2)3)11-5-7-15(9-11)8-6-13/h5,7,9-10,12,14H,4,8H2,1-3H3. The summed E-state index contributed by atoms with van der Waals surface area (Å²) in [7, 11) is 0. The number of nitrogens with one attached hydrogen (secondary N) is 1. The fourth-order valence-electron chi connectivity index (χ4n) is 1.78. The Labute approximate surface area is 91.7 Å². The molecule has 3 nitrogen and oxygen atoms in total. The smallest absolute Gasteiger partial charge is 0.109 e. The summed E-state index contributed by atoms with van der Waals surface area (Å²) < 4.78 is 1.92. The van der Waals surface area contributed by atoms with Crippen molar-refractivity contribution in [3.8, 4) is 6.07 Å². The Hall–Kier alpha value is -1.27. The van der Waals surface area contributed by atoms with Gasteiger partial charge in [0.05, 0.1) is 6.07 Å². The Morgan fingerprint density at radius 3 is 2.80 bits per heavy atom. The molecule has 0 aliphatic rings. The second kappa shape index (κ2) is 5.57. The maximum absolute atomic E-state index is 8.59. The minimum atomic E-state index is 0.384. The maximum Gasteiger partial charge on any atom is 0.109 e. The van der Waals surface area contributed by atoms with Crippen LogP contribution in [0.3, 0.4) is 0 Å². The summed E-state index contributed by atoms with van der Waals surface area (Å²) in [5, 5.41) is 12.1. The number of rotatable bonds is 5. The zero-order valence-corrected chi connectivity index (χ0v) is 9.70. The van der Waals surface area contributed by atoms with Crippen molar-refractivity contribution in [3.05, 3.63) is 24.0 Å². The average Bonchev–Trinajstić information content (AvgIpc) is 2.62. The number of nitrogens with zero attached hydrogens (tertiary/aromatic N) is 2. The van der Waals surface area contributed by atoms with Crippen molar-refractivity contribution in [1.82, 2.24) is 9.88 Å². The van der Waals surface area contributed by atoms with Gasteiger partial charge in [-0.25, -0.2) is 0 Å². The van der Waals surface area contributed by atoms with E-state index in [1.807, 2.05) is 10.8 Å². The first-order chi connectivity index (χ1) is 7.19. The summed E-state index contributed by atoms with van der Waals surface area (Å²) in [6.45, 7) is 7.91. The second-order valence-corrected chi connectivity index (χ2v) is 4.05. The van der Waals surface area contributed by atoms with Crippen LogP contribution in [-0.4, -0.2) is 11.1 Å². The van der Waals surface area contributed by atoms with Crippen LogP contribution in [0.2, 0.25) is 0 Å². The van der Waals surface area contributed by atoms with Crippen LogP contribution >= 0.6 is 0 Å². The molecule has 82 valence electrons. The molecule has 0 saturated carbocycles. The van der Waals surface area contributed by atoms with Crippen LogP contribution in [0.15, 0.2) is 18.5 Å². The monoisotopic (exact) mass is 205 g/mol. The van der Waals surface area contributed by atoms with E-state index in [1.54, 1.807) is 0 Å². The summed E-state index contributed by atoms with van der Waals surface area (Å²) in [5.41, 5.74) is 1.27. The van der Waals surface area contributed by atoms with Gasteiger partial charge in [-0.15, -0.1) is 0 Å². The van der Waals surface area contributed by atoms with Crippen molar-refractivity contribution in [2.24, 2.45) is 5.92 Å². The van der Waals surface area contributed by atoms with Crippen LogP contribution in [0.25, 0.3) is 0 Å². The van der Waals surface area contributed by atoms with Gasteiger partial charge in [-0.1, -0.05) is 20.8 Å². The predicted molar refractivity (Wildman–Crippen MR) is 61.3 cm³/mol. The Morgan fingerprint density at radius 1 is 1.53 bits per heavy atom. The third-order valence-electron chi connectivity index (χ3n) is 2.48. The molecule has 0 spiro atoms. The predicted octanol–water partition coefficient (Wildman–Crippen LogP) is 2.32. The van der Waals surface area contributed by atoms with E-state index in [1.165, 1.54) is 5.56 Å². The highest BCUT2D eigenvalue weighted by Crippen LogP contribution is 2.21. The lowest BCUT2D eigenvalue weighted by Crippen LogP contribution is -2.25. The molecule has 1 aromatic heterocycles. The summed E-state index contributed by atoms with van der Waals surface area (Å²) in [5.74, 6) is 0.558. The molecule has 3 heteroatoms. The molecule has 0 aliphatic heterocycles. The molecule has 1 aromatic rings. The van der Waals surface area contributed by atoms with E-state index in [0.717, 1.165) is 6.54 Å². The summed E-state index contributed by atoms with van der Waals surface area (Å²) in [6.07, 6.45) is 4.02. The second-order valence-electron chi connectivity index (χ2n) is 4.05. The first kappa shape index (κ1) is 11.8. The van der Waals surface area contributed by atoms with E-state index in [2.05, 4.69) is 44.4 Å². The lowest BCUT2D eigenvalue weighted by atomic mass is 9.98. The molecule has 1 heterocycles. The van der Waals surface area contributed by atoms with Crippen molar-refractivity contribution in [2.45, 2.75) is 33.4 Å². The molecule has 1 unspecified atom stereocenters. The number of hydrogen-bond donors (Lipinski definition) is 1. The fraction of sp³-hybridized carbons (Fsp3) is 0.583. The average molecular weight is 205 g/mol. The van der Waals surface area contributed by atoms with Gasteiger partial charge < -0.3 is 9.88 Å². The highest BCUT2D eigenvalue weighted by Gasteiger charge is 2.15. The van der Waals surface area contributed by atoms with E-state index in [0.29, 0.717) is 18.5 Å². The number of hydrogen-bond acceptors (Lipinski definition) is 2. The van der Waals surface area contributed by atoms with Gasteiger partial charge in [-0.2, -0.15) is 5.26 Å². The first-order valence-corrected chi connectivity index (χ1v) is 5.45. The molecule has 0 amide bonds. The van der Waals surface area contributed by atoms with Crippen molar-refractivity contribution in [1.29, 1.82) is 5.26 Å². The van der Waals surface area contributed by atoms with Crippen LogP contribution in [0, 0.1) is 17.2 Å². The van der Waals surface area contributed by atoms with Crippen molar-refractivity contribution in [3.63, 3.8) is 0 Å². The summed E-state index contributed by atoms with van der Waals surface area (Å²) in [4.78, 5) is 0. The molecule has 0 aliphatic carbocycles. The lowest BCUT2D eigenvalue weighted by Gasteiger charge is -2.20. The van der Waals surface area contributed by atoms with Gasteiger partial charge in [0.2, 0.25) is 0 Å². The van der Waals surface area contributed by atoms with Gasteiger partial charge >= 0.3 is 0 Å². The van der Waals surface area contributed by atoms with Gasteiger partial charge in [0, 0.05) is 18.4 Å². The topological polar surface area (TPSA) is 40.8 Å². The van der Waals surface area contributed by atoms with Crippen LogP contribution in [0.4, 0.5) is 0 Å². The van der Waals surface area contributed by atoms with Crippen LogP contribution in [0.1, 0.15) is 32.4 Å². The van der Waals surface area contributed by atoms with Crippen LogP contribution in [0.5, 0.6) is 0 Å². The van der Waals surface area contributed by atoms with Gasteiger partial charge in [-0.05, 0) is 24.1 Å². The van der Waals surface area contributed by atoms with Crippen molar-refractivity contribution < 1.29 is 0 Å². The Kier molecular flexibility index (Phi) is 4.38. The third kappa shape index (κ3) is 3.10.